The van der Waals surface area contributed by atoms with Gasteiger partial charge in [0.1, 0.15) is 52.7 Å². The highest BCUT2D eigenvalue weighted by molar-refractivity contribution is 7.20. The molecule has 19 heteroatoms. The average Bonchev–Trinajstić information content (AvgIpc) is 3.03. The Morgan fingerprint density at radius 1 is 0.255 bits per heavy atom. The van der Waals surface area contributed by atoms with Gasteiger partial charge < -0.3 is 0 Å². The molecule has 0 spiro atoms. The molecule has 4 rings (SSSR count). The minimum atomic E-state index is -6.97. The number of halogens is 18. The van der Waals surface area contributed by atoms with Gasteiger partial charge in [0, 0.05) is 0 Å². The van der Waals surface area contributed by atoms with Crippen molar-refractivity contribution in [3.05, 3.63) is 129 Å². The Bertz CT molecular complexity index is 1810. The lowest BCUT2D eigenvalue weighted by Crippen LogP contribution is -2.81. The third-order valence-corrected chi connectivity index (χ3v) is 7.29. The van der Waals surface area contributed by atoms with Crippen molar-refractivity contribution in [2.75, 3.05) is 0 Å². The fourth-order valence-electron chi connectivity index (χ4n) is 5.32. The van der Waals surface area contributed by atoms with E-state index in [4.69, 9.17) is 0 Å². The minimum absolute atomic E-state index is 0.0640. The third kappa shape index (κ3) is 4.45. The molecular weight excluding hydrogens is 689 g/mol. The molecule has 0 saturated carbocycles. The zero-order chi connectivity index (χ0) is 35.8. The van der Waals surface area contributed by atoms with Crippen molar-refractivity contribution < 1.29 is 79.0 Å². The van der Waals surface area contributed by atoms with Gasteiger partial charge in [-0.2, -0.15) is 0 Å². The molecule has 0 bridgehead atoms. The van der Waals surface area contributed by atoms with E-state index in [1.807, 2.05) is 0 Å². The Labute approximate surface area is 248 Å². The molecule has 0 unspecified atom stereocenters. The maximum absolute atomic E-state index is 15.9. The quantitative estimate of drug-likeness (QED) is 0.0897. The lowest BCUT2D eigenvalue weighted by molar-refractivity contribution is 0.381. The van der Waals surface area contributed by atoms with E-state index in [1.54, 1.807) is 0 Å². The Hall–Kier alpha value is -4.84. The van der Waals surface area contributed by atoms with Crippen LogP contribution in [0.1, 0.15) is 11.1 Å². The van der Waals surface area contributed by atoms with Gasteiger partial charge in [-0.15, -0.1) is 21.9 Å². The van der Waals surface area contributed by atoms with E-state index in [0.717, 1.165) is 0 Å². The average molecular weight is 695 g/mol. The summed E-state index contributed by atoms with van der Waals surface area (Å²) < 4.78 is 273. The van der Waals surface area contributed by atoms with Crippen LogP contribution in [0.15, 0.2) is 13.2 Å². The van der Waals surface area contributed by atoms with E-state index < -0.39 is 144 Å². The van der Waals surface area contributed by atoms with Crippen LogP contribution in [-0.4, -0.2) is 6.15 Å². The summed E-state index contributed by atoms with van der Waals surface area (Å²) in [7, 11) is 0. The summed E-state index contributed by atoms with van der Waals surface area (Å²) in [5, 5.41) is 0. The Morgan fingerprint density at radius 3 is 0.574 bits per heavy atom. The zero-order valence-corrected chi connectivity index (χ0v) is 21.9. The number of rotatable bonds is 6. The molecule has 0 aliphatic heterocycles. The molecule has 0 heterocycles. The molecule has 0 radical (unpaired) electrons. The molecule has 0 N–H and O–H groups in total. The van der Waals surface area contributed by atoms with Crippen molar-refractivity contribution >= 4 is 40.1 Å². The molecule has 0 aromatic heterocycles. The normalized spacial score (nSPS) is 11.8. The highest BCUT2D eigenvalue weighted by atomic mass is 19.2. The molecule has 0 amide bonds. The van der Waals surface area contributed by atoms with Crippen LogP contribution in [0.25, 0.3) is 12.2 Å². The summed E-state index contributed by atoms with van der Waals surface area (Å²) >= 11 is 0. The fraction of sp³-hybridized carbons (Fsp3) is 0. The summed E-state index contributed by atoms with van der Waals surface area (Å²) in [6.07, 6.45) is -7.09. The molecule has 0 aliphatic carbocycles. The summed E-state index contributed by atoms with van der Waals surface area (Å²) in [4.78, 5) is 0. The zero-order valence-electron chi connectivity index (χ0n) is 21.9. The highest BCUT2D eigenvalue weighted by Crippen LogP contribution is 2.31. The molecule has 248 valence electrons. The van der Waals surface area contributed by atoms with Crippen LogP contribution in [0.4, 0.5) is 79.0 Å². The molecule has 0 nitrogen and oxygen atoms in total. The van der Waals surface area contributed by atoms with Crippen LogP contribution in [0.5, 0.6) is 0 Å². The molecule has 0 fully saturated rings. The van der Waals surface area contributed by atoms with Gasteiger partial charge in [-0.25, -0.2) is 79.0 Å². The van der Waals surface area contributed by atoms with Crippen LogP contribution >= 0.6 is 0 Å². The van der Waals surface area contributed by atoms with E-state index in [9.17, 15) is 26.3 Å². The summed E-state index contributed by atoms with van der Waals surface area (Å²) in [6, 6.07) is 0. The second-order valence-electron chi connectivity index (χ2n) is 9.41. The first kappa shape index (κ1) is 35.0. The number of hydrogen-bond donors (Lipinski definition) is 0. The van der Waals surface area contributed by atoms with E-state index >= 15 is 52.7 Å². The Balaban J connectivity index is 2.71. The van der Waals surface area contributed by atoms with Gasteiger partial charge in [-0.1, -0.05) is 25.3 Å². The highest BCUT2D eigenvalue weighted by Gasteiger charge is 2.52. The number of hydrogen-bond acceptors (Lipinski definition) is 0. The van der Waals surface area contributed by atoms with E-state index in [1.165, 1.54) is 0 Å². The molecule has 4 aromatic rings. The summed E-state index contributed by atoms with van der Waals surface area (Å²) in [6.45, 7) is 5.47. The van der Waals surface area contributed by atoms with E-state index in [2.05, 4.69) is 13.2 Å². The molecule has 47 heavy (non-hydrogen) atoms. The lowest BCUT2D eigenvalue weighted by Gasteiger charge is -2.45. The standard InChI is InChI=1S/C28H6BF18/c1-3-5-11(30)15(34)7(16(35)12(5)31)29(9-19(38)23(42)27(46)24(43)20(9)39,10-21(40)25(44)28(47)26(45)22(10)41)8-17(36)13(32)6(4-2)14(33)18(8)37/h3-4H,1-2H2/q-1. The maximum Gasteiger partial charge on any atom is 0.200 e. The smallest absolute Gasteiger partial charge is 0.200 e. The molecule has 0 aliphatic rings. The van der Waals surface area contributed by atoms with Crippen molar-refractivity contribution in [1.82, 2.24) is 0 Å². The van der Waals surface area contributed by atoms with Crippen molar-refractivity contribution in [3.63, 3.8) is 0 Å². The maximum atomic E-state index is 15.9. The predicted octanol–water partition coefficient (Wildman–Crippen LogP) is 6.85. The molecular formula is C28H6BF18-. The van der Waals surface area contributed by atoms with E-state index in [0.29, 0.717) is 0 Å². The van der Waals surface area contributed by atoms with Crippen LogP contribution in [-0.2, 0) is 0 Å². The van der Waals surface area contributed by atoms with Crippen molar-refractivity contribution in [2.24, 2.45) is 0 Å². The van der Waals surface area contributed by atoms with Gasteiger partial charge in [-0.05, 0) is 0 Å². The largest absolute Gasteiger partial charge is 0.207 e. The van der Waals surface area contributed by atoms with E-state index in [-0.39, 0.29) is 12.2 Å². The Kier molecular flexibility index (Phi) is 8.76. The predicted molar refractivity (Wildman–Crippen MR) is 129 cm³/mol. The molecule has 4 aromatic carbocycles. The first-order valence-corrected chi connectivity index (χ1v) is 12.0. The fourth-order valence-corrected chi connectivity index (χ4v) is 5.32. The van der Waals surface area contributed by atoms with Crippen LogP contribution in [0.2, 0.25) is 0 Å². The van der Waals surface area contributed by atoms with Crippen LogP contribution in [0.3, 0.4) is 0 Å². The van der Waals surface area contributed by atoms with Gasteiger partial charge in [0.25, 0.3) is 0 Å². The van der Waals surface area contributed by atoms with Crippen molar-refractivity contribution in [2.45, 2.75) is 0 Å². The van der Waals surface area contributed by atoms with Gasteiger partial charge in [0.2, 0.25) is 0 Å². The second-order valence-corrected chi connectivity index (χ2v) is 9.41. The number of benzene rings is 4. The topological polar surface area (TPSA) is 0 Å². The third-order valence-electron chi connectivity index (χ3n) is 7.29. The van der Waals surface area contributed by atoms with Crippen molar-refractivity contribution in [1.29, 1.82) is 0 Å². The monoisotopic (exact) mass is 695 g/mol. The lowest BCUT2D eigenvalue weighted by atomic mass is 9.12. The van der Waals surface area contributed by atoms with Gasteiger partial charge in [0.15, 0.2) is 58.2 Å². The Morgan fingerprint density at radius 2 is 0.404 bits per heavy atom. The summed E-state index contributed by atoms with van der Waals surface area (Å²) in [5.41, 5.74) is -17.2. The molecule has 0 atom stereocenters. The molecule has 0 saturated heterocycles. The second kappa shape index (κ2) is 11.8. The SMILES string of the molecule is C=Cc1c(F)c(F)c([B-](c2c(F)c(F)c(F)c(F)c2F)(c2c(F)c(F)c(F)c(F)c2F)c2c(F)c(F)c(C=C)c(F)c2F)c(F)c1F. The first-order chi connectivity index (χ1) is 21.8. The van der Waals surface area contributed by atoms with Crippen LogP contribution < -0.4 is 21.9 Å². The van der Waals surface area contributed by atoms with Gasteiger partial charge >= 0.3 is 0 Å². The first-order valence-electron chi connectivity index (χ1n) is 12.0. The van der Waals surface area contributed by atoms with Gasteiger partial charge in [-0.3, -0.25) is 0 Å². The summed E-state index contributed by atoms with van der Waals surface area (Å²) in [5.74, 6) is -59.2. The van der Waals surface area contributed by atoms with Crippen molar-refractivity contribution in [3.8, 4) is 0 Å². The van der Waals surface area contributed by atoms with Gasteiger partial charge in [0.05, 0.1) is 11.1 Å². The van der Waals surface area contributed by atoms with Crippen LogP contribution in [0, 0.1) is 105 Å². The minimum Gasteiger partial charge on any atom is -0.207 e.